The predicted octanol–water partition coefficient (Wildman–Crippen LogP) is -1.38. The van der Waals surface area contributed by atoms with Gasteiger partial charge in [-0.3, -0.25) is 76.7 Å². The smallest absolute Gasteiger partial charge is 0.323 e. The summed E-state index contributed by atoms with van der Waals surface area (Å²) in [5, 5.41) is 16.8. The number of amides is 15. The van der Waals surface area contributed by atoms with Gasteiger partial charge in [0.2, 0.25) is 76.8 Å². The fraction of sp³-hybridized carbons (Fsp3) is 0.477. The summed E-state index contributed by atoms with van der Waals surface area (Å²) in [5.41, 5.74) is 1.23. The summed E-state index contributed by atoms with van der Waals surface area (Å²) in [4.78, 5) is 218. The Morgan fingerprint density at radius 2 is 0.919 bits per heavy atom. The monoisotopic (exact) mass is 1400 g/mol. The van der Waals surface area contributed by atoms with E-state index in [1.165, 1.54) is 106 Å². The van der Waals surface area contributed by atoms with Gasteiger partial charge in [0, 0.05) is 117 Å². The summed E-state index contributed by atoms with van der Waals surface area (Å²) in [5.74, 6) is -12.7. The molecule has 0 radical (unpaired) electrons. The van der Waals surface area contributed by atoms with Crippen molar-refractivity contribution < 1.29 is 90.9 Å². The highest BCUT2D eigenvalue weighted by atomic mass is 32.1. The molecule has 0 unspecified atom stereocenters. The number of nitrogens with one attached hydrogen (secondary N) is 3. The van der Waals surface area contributed by atoms with Gasteiger partial charge >= 0.3 is 5.97 Å². The van der Waals surface area contributed by atoms with Crippen LogP contribution in [0.5, 0.6) is 5.75 Å². The van der Waals surface area contributed by atoms with Crippen molar-refractivity contribution in [1.82, 2.24) is 59.6 Å². The highest BCUT2D eigenvalue weighted by molar-refractivity contribution is 7.11. The number of aliphatic carboxylic acids is 1. The van der Waals surface area contributed by atoms with Gasteiger partial charge < -0.3 is 74.8 Å². The standard InChI is InChI=1S/C65H87FN14O18S/c1-40-19-22-46(99-40)29-43-16-14-17-45(28-43)69-65(97)42(3)68-64(96)41(2)67-48(81)24-21-44-20-23-47(80-50(83)25-26-51(80)84)62(66)63(44)98-27-15-18-49(82)70(4)30-52(85)71(5)31-53(86)72(6)32-54(87)73(7)33-55(88)74(8)34-56(89)75(9)35-57(90)76(10)36-58(91)77(11)37-59(92)78(12)38-60(93)79(13)39-61(94)95/h14,16-17,19-20,22-23,25-26,28,41-42H,15,18,21,24,27,29-39H2,1-13H3,(H,67,81)(H,68,96)(H,69,97)(H,94,95)/t41-,42-/m0/s1. The normalized spacial score (nSPS) is 12.1. The molecular weight excluding hydrogens is 1320 g/mol. The van der Waals surface area contributed by atoms with Crippen LogP contribution in [0.15, 0.2) is 60.7 Å². The Morgan fingerprint density at radius 1 is 0.515 bits per heavy atom. The van der Waals surface area contributed by atoms with Crippen LogP contribution in [-0.2, 0) is 89.6 Å². The predicted molar refractivity (Wildman–Crippen MR) is 357 cm³/mol. The molecule has 2 aromatic carbocycles. The number of hydrogen-bond acceptors (Lipinski definition) is 18. The first-order valence-electron chi connectivity index (χ1n) is 31.0. The molecule has 34 heteroatoms. The zero-order chi connectivity index (χ0) is 74.3. The molecule has 0 bridgehead atoms. The van der Waals surface area contributed by atoms with Gasteiger partial charge in [0.15, 0.2) is 11.6 Å². The molecule has 3 aromatic rings. The van der Waals surface area contributed by atoms with E-state index < -0.39 is 189 Å². The van der Waals surface area contributed by atoms with Crippen molar-refractivity contribution in [2.45, 2.75) is 65.0 Å². The molecule has 538 valence electrons. The molecule has 4 rings (SSSR count). The van der Waals surface area contributed by atoms with E-state index in [2.05, 4.69) is 16.0 Å². The lowest BCUT2D eigenvalue weighted by molar-refractivity contribution is -0.147. The molecule has 1 aromatic heterocycles. The van der Waals surface area contributed by atoms with E-state index in [9.17, 15) is 76.7 Å². The first-order valence-corrected chi connectivity index (χ1v) is 31.9. The van der Waals surface area contributed by atoms with Crippen LogP contribution in [0.1, 0.15) is 54.0 Å². The van der Waals surface area contributed by atoms with Crippen molar-refractivity contribution in [2.75, 3.05) is 153 Å². The van der Waals surface area contributed by atoms with Crippen molar-refractivity contribution in [2.24, 2.45) is 0 Å². The molecule has 1 aliphatic rings. The second-order valence-electron chi connectivity index (χ2n) is 24.0. The number of rotatable bonds is 36. The number of nitrogens with zero attached hydrogens (tertiary/aromatic N) is 11. The molecule has 2 heterocycles. The second-order valence-corrected chi connectivity index (χ2v) is 25.3. The Hall–Kier alpha value is -10.7. The number of ether oxygens (including phenoxy) is 1. The van der Waals surface area contributed by atoms with Crippen molar-refractivity contribution >= 4 is 117 Å². The topological polar surface area (TPSA) is 374 Å². The third kappa shape index (κ3) is 25.4. The molecule has 15 amide bonds. The number of halogens is 1. The van der Waals surface area contributed by atoms with Gasteiger partial charge in [0.25, 0.3) is 11.8 Å². The molecule has 0 fully saturated rings. The number of benzene rings is 2. The number of anilines is 2. The number of hydrogen-bond donors (Lipinski definition) is 4. The van der Waals surface area contributed by atoms with Crippen LogP contribution in [0.4, 0.5) is 15.8 Å². The lowest BCUT2D eigenvalue weighted by Crippen LogP contribution is -2.50. The van der Waals surface area contributed by atoms with Gasteiger partial charge in [-0.25, -0.2) is 9.29 Å². The minimum atomic E-state index is -1.24. The number of carboxylic acid groups (broad SMARTS) is 1. The van der Waals surface area contributed by atoms with Gasteiger partial charge in [0.1, 0.15) is 18.6 Å². The summed E-state index contributed by atoms with van der Waals surface area (Å²) in [7, 11) is 12.9. The van der Waals surface area contributed by atoms with E-state index in [0.717, 1.165) is 66.7 Å². The zero-order valence-electron chi connectivity index (χ0n) is 57.8. The molecule has 32 nitrogen and oxygen atoms in total. The van der Waals surface area contributed by atoms with Gasteiger partial charge in [-0.1, -0.05) is 18.2 Å². The Kier molecular flexibility index (Phi) is 30.8. The molecule has 0 saturated heterocycles. The van der Waals surface area contributed by atoms with E-state index in [-0.39, 0.29) is 37.9 Å². The van der Waals surface area contributed by atoms with Gasteiger partial charge in [-0.2, -0.15) is 0 Å². The average molecular weight is 1400 g/mol. The number of thiophene rings is 1. The summed E-state index contributed by atoms with van der Waals surface area (Å²) in [6.07, 6.45) is 1.88. The number of imide groups is 1. The Labute approximate surface area is 576 Å². The van der Waals surface area contributed by atoms with Crippen LogP contribution in [0.3, 0.4) is 0 Å². The van der Waals surface area contributed by atoms with Crippen molar-refractivity contribution in [3.05, 3.63) is 87.4 Å². The van der Waals surface area contributed by atoms with Crippen LogP contribution >= 0.6 is 11.3 Å². The molecular formula is C65H87FN14O18S. The van der Waals surface area contributed by atoms with Crippen LogP contribution in [0.25, 0.3) is 0 Å². The number of carbonyl (C=O) groups is 16. The number of aryl methyl sites for hydroxylation is 2. The van der Waals surface area contributed by atoms with E-state index >= 15 is 4.39 Å². The molecule has 0 aliphatic carbocycles. The van der Waals surface area contributed by atoms with Crippen molar-refractivity contribution in [3.63, 3.8) is 0 Å². The molecule has 1 aliphatic heterocycles. The summed E-state index contributed by atoms with van der Waals surface area (Å²) < 4.78 is 22.2. The summed E-state index contributed by atoms with van der Waals surface area (Å²) in [6, 6.07) is 11.9. The molecule has 0 saturated carbocycles. The SMILES string of the molecule is Cc1ccc(Cc2cccc(NC(=O)[C@H](C)NC(=O)[C@H](C)NC(=O)CCc3ccc(N4C(=O)C=CC4=O)c(F)c3OCCCC(=O)N(C)CC(=O)N(C)CC(=O)N(C)CC(=O)N(C)CC(=O)N(C)CC(=O)N(C)CC(=O)N(C)CC(=O)N(C)CC(=O)N(C)CC(=O)N(C)CC(=O)O)c2)s1. The minimum Gasteiger partial charge on any atom is -0.490 e. The van der Waals surface area contributed by atoms with E-state index in [0.29, 0.717) is 17.0 Å². The van der Waals surface area contributed by atoms with E-state index in [1.807, 2.05) is 37.3 Å². The van der Waals surface area contributed by atoms with Crippen molar-refractivity contribution in [3.8, 4) is 5.75 Å². The number of likely N-dealkylation sites (N-methyl/N-ethyl adjacent to an activating group) is 10. The maximum absolute atomic E-state index is 16.3. The summed E-state index contributed by atoms with van der Waals surface area (Å²) in [6.45, 7) is -0.432. The molecule has 99 heavy (non-hydrogen) atoms. The quantitative estimate of drug-likeness (QED) is 0.0385. The third-order valence-electron chi connectivity index (χ3n) is 15.5. The Bertz CT molecular complexity index is 3580. The Morgan fingerprint density at radius 3 is 1.32 bits per heavy atom. The third-order valence-corrected chi connectivity index (χ3v) is 16.5. The van der Waals surface area contributed by atoms with Gasteiger partial charge in [-0.15, -0.1) is 11.3 Å². The lowest BCUT2D eigenvalue weighted by Gasteiger charge is -2.27. The maximum atomic E-state index is 16.3. The van der Waals surface area contributed by atoms with E-state index in [4.69, 9.17) is 9.84 Å². The van der Waals surface area contributed by atoms with Crippen LogP contribution < -0.4 is 25.6 Å². The average Bonchev–Trinajstić information content (AvgIpc) is 1.78. The molecule has 4 N–H and O–H groups in total. The second kappa shape index (κ2) is 37.7. The first-order chi connectivity index (χ1) is 46.4. The van der Waals surface area contributed by atoms with Crippen LogP contribution in [0, 0.1) is 12.7 Å². The van der Waals surface area contributed by atoms with Crippen molar-refractivity contribution in [1.29, 1.82) is 0 Å². The van der Waals surface area contributed by atoms with Crippen LogP contribution in [-0.4, -0.2) is 303 Å². The zero-order valence-corrected chi connectivity index (χ0v) is 58.7. The largest absolute Gasteiger partial charge is 0.490 e. The first kappa shape index (κ1) is 80.8. The van der Waals surface area contributed by atoms with Gasteiger partial charge in [-0.05, 0) is 75.1 Å². The minimum absolute atomic E-state index is 0.0408. The fourth-order valence-corrected chi connectivity index (χ4v) is 10.1. The molecule has 2 atom stereocenters. The maximum Gasteiger partial charge on any atom is 0.323 e. The number of carboxylic acids is 1. The van der Waals surface area contributed by atoms with Gasteiger partial charge in [0.05, 0.1) is 71.2 Å². The van der Waals surface area contributed by atoms with E-state index in [1.54, 1.807) is 17.4 Å². The van der Waals surface area contributed by atoms with Crippen LogP contribution in [0.2, 0.25) is 0 Å². The highest BCUT2D eigenvalue weighted by Crippen LogP contribution is 2.34. The summed E-state index contributed by atoms with van der Waals surface area (Å²) >= 11 is 1.68. The number of carbonyl (C=O) groups excluding carboxylic acids is 15. The molecule has 0 spiro atoms. The Balaban J connectivity index is 1.19. The fourth-order valence-electron chi connectivity index (χ4n) is 9.16. The highest BCUT2D eigenvalue weighted by Gasteiger charge is 2.32. The lowest BCUT2D eigenvalue weighted by atomic mass is 10.1.